The molecule has 3 N–H and O–H groups in total. The van der Waals surface area contributed by atoms with Crippen LogP contribution in [0, 0.1) is 5.92 Å². The zero-order chi connectivity index (χ0) is 17.4. The molecule has 0 bridgehead atoms. The molecule has 4 rings (SSSR count). The molecule has 1 amide bonds. The number of carbonyl (C=O) groups excluding carboxylic acids is 1. The average molecular weight is 356 g/mol. The van der Waals surface area contributed by atoms with Gasteiger partial charge in [0.05, 0.1) is 23.6 Å². The highest BCUT2D eigenvalue weighted by Crippen LogP contribution is 2.32. The molecule has 2 aromatic heterocycles. The Morgan fingerprint density at radius 2 is 2.08 bits per heavy atom. The lowest BCUT2D eigenvalue weighted by atomic mass is 9.92. The molecule has 5 nitrogen and oxygen atoms in total. The molecule has 0 spiro atoms. The fourth-order valence-corrected chi connectivity index (χ4v) is 5.00. The van der Waals surface area contributed by atoms with Crippen molar-refractivity contribution in [1.29, 1.82) is 0 Å². The normalized spacial score (nSPS) is 20.8. The van der Waals surface area contributed by atoms with Gasteiger partial charge in [-0.2, -0.15) is 0 Å². The molecule has 1 saturated heterocycles. The van der Waals surface area contributed by atoms with E-state index >= 15 is 0 Å². The third-order valence-corrected chi connectivity index (χ3v) is 6.39. The topological polar surface area (TPSA) is 89.1 Å². The molecule has 3 heterocycles. The summed E-state index contributed by atoms with van der Waals surface area (Å²) >= 11 is 0. The first-order valence-corrected chi connectivity index (χ1v) is 9.92. The van der Waals surface area contributed by atoms with Crippen molar-refractivity contribution in [2.24, 2.45) is 11.7 Å². The molecular weight excluding hydrogens is 336 g/mol. The van der Waals surface area contributed by atoms with Crippen LogP contribution in [0.4, 0.5) is 0 Å². The number of amides is 1. The summed E-state index contributed by atoms with van der Waals surface area (Å²) in [4.78, 5) is 15.1. The summed E-state index contributed by atoms with van der Waals surface area (Å²) in [6.07, 6.45) is 8.15. The Balaban J connectivity index is 1.75. The van der Waals surface area contributed by atoms with Crippen LogP contribution in [0.25, 0.3) is 22.0 Å². The number of aromatic nitrogens is 1. The zero-order valence-corrected chi connectivity index (χ0v) is 14.6. The van der Waals surface area contributed by atoms with Gasteiger partial charge in [-0.3, -0.25) is 9.00 Å². The zero-order valence-electron chi connectivity index (χ0n) is 13.8. The second-order valence-corrected chi connectivity index (χ2v) is 8.33. The van der Waals surface area contributed by atoms with Crippen molar-refractivity contribution in [3.05, 3.63) is 48.0 Å². The van der Waals surface area contributed by atoms with Crippen molar-refractivity contribution in [2.75, 3.05) is 11.5 Å². The Morgan fingerprint density at radius 3 is 2.76 bits per heavy atom. The van der Waals surface area contributed by atoms with Gasteiger partial charge in [0.25, 0.3) is 5.91 Å². The maximum Gasteiger partial charge on any atom is 0.250 e. The first-order chi connectivity index (χ1) is 12.1. The molecule has 0 unspecified atom stereocenters. The highest BCUT2D eigenvalue weighted by molar-refractivity contribution is 7.85. The summed E-state index contributed by atoms with van der Waals surface area (Å²) in [6, 6.07) is 5.76. The molecule has 25 heavy (non-hydrogen) atoms. The van der Waals surface area contributed by atoms with E-state index in [1.165, 1.54) is 5.56 Å². The Labute approximate surface area is 148 Å². The standard InChI is InChI=1S/C19H20N2O3S/c20-19(22)17-9-14(13-1-4-24-11-13)8-16-15(10-21-18(16)17)7-12-2-5-25(23)6-3-12/h1,4,8-12,21H,2-3,5-7H2,(H2,20,22). The first-order valence-electron chi connectivity index (χ1n) is 8.43. The summed E-state index contributed by atoms with van der Waals surface area (Å²) in [5.41, 5.74) is 9.89. The van der Waals surface area contributed by atoms with Gasteiger partial charge in [-0.15, -0.1) is 0 Å². The third kappa shape index (κ3) is 3.14. The lowest BCUT2D eigenvalue weighted by Crippen LogP contribution is -2.20. The summed E-state index contributed by atoms with van der Waals surface area (Å²) < 4.78 is 16.7. The van der Waals surface area contributed by atoms with Crippen LogP contribution in [-0.2, 0) is 17.2 Å². The van der Waals surface area contributed by atoms with Gasteiger partial charge in [-0.25, -0.2) is 0 Å². The lowest BCUT2D eigenvalue weighted by molar-refractivity contribution is 0.100. The largest absolute Gasteiger partial charge is 0.472 e. The van der Waals surface area contributed by atoms with Gasteiger partial charge >= 0.3 is 0 Å². The van der Waals surface area contributed by atoms with Crippen LogP contribution in [0.1, 0.15) is 28.8 Å². The molecule has 130 valence electrons. The van der Waals surface area contributed by atoms with E-state index in [1.807, 2.05) is 12.3 Å². The number of aromatic amines is 1. The lowest BCUT2D eigenvalue weighted by Gasteiger charge is -2.21. The van der Waals surface area contributed by atoms with Crippen molar-refractivity contribution in [3.63, 3.8) is 0 Å². The summed E-state index contributed by atoms with van der Waals surface area (Å²) in [5.74, 6) is 1.67. The van der Waals surface area contributed by atoms with E-state index in [1.54, 1.807) is 18.6 Å². The van der Waals surface area contributed by atoms with E-state index in [4.69, 9.17) is 10.2 Å². The Kier molecular flexibility index (Phi) is 4.21. The smallest absolute Gasteiger partial charge is 0.250 e. The van der Waals surface area contributed by atoms with Gasteiger partial charge < -0.3 is 15.1 Å². The van der Waals surface area contributed by atoms with Crippen LogP contribution < -0.4 is 5.73 Å². The van der Waals surface area contributed by atoms with Gasteiger partial charge in [-0.05, 0) is 54.5 Å². The molecule has 0 aliphatic carbocycles. The van der Waals surface area contributed by atoms with E-state index in [2.05, 4.69) is 11.1 Å². The number of fused-ring (bicyclic) bond motifs is 1. The van der Waals surface area contributed by atoms with Crippen LogP contribution in [0.3, 0.4) is 0 Å². The predicted octanol–water partition coefficient (Wildman–Crippen LogP) is 3.23. The van der Waals surface area contributed by atoms with E-state index in [0.717, 1.165) is 52.8 Å². The van der Waals surface area contributed by atoms with Crippen molar-refractivity contribution in [1.82, 2.24) is 4.98 Å². The predicted molar refractivity (Wildman–Crippen MR) is 98.8 cm³/mol. The van der Waals surface area contributed by atoms with Crippen molar-refractivity contribution >= 4 is 27.6 Å². The summed E-state index contributed by atoms with van der Waals surface area (Å²) in [7, 11) is -0.650. The molecule has 0 radical (unpaired) electrons. The Bertz CT molecular complexity index is 933. The number of primary amides is 1. The fraction of sp³-hybridized carbons (Fsp3) is 0.316. The Morgan fingerprint density at radius 1 is 1.28 bits per heavy atom. The molecule has 1 fully saturated rings. The highest BCUT2D eigenvalue weighted by Gasteiger charge is 2.21. The molecule has 0 saturated carbocycles. The number of nitrogens with one attached hydrogen (secondary N) is 1. The molecule has 0 atom stereocenters. The SMILES string of the molecule is NC(=O)c1cc(-c2ccoc2)cc2c(CC3CCS(=O)CC3)c[nH]c12. The van der Waals surface area contributed by atoms with Crippen LogP contribution in [-0.4, -0.2) is 26.6 Å². The first kappa shape index (κ1) is 16.1. The number of hydrogen-bond donors (Lipinski definition) is 2. The van der Waals surface area contributed by atoms with Crippen molar-refractivity contribution in [2.45, 2.75) is 19.3 Å². The minimum absolute atomic E-state index is 0.447. The van der Waals surface area contributed by atoms with Crippen molar-refractivity contribution < 1.29 is 13.4 Å². The molecule has 1 aliphatic rings. The monoisotopic (exact) mass is 356 g/mol. The number of H-pyrrole nitrogens is 1. The van der Waals surface area contributed by atoms with Crippen LogP contribution in [0.5, 0.6) is 0 Å². The second-order valence-electron chi connectivity index (χ2n) is 6.63. The summed E-state index contributed by atoms with van der Waals surface area (Å²) in [6.45, 7) is 0. The maximum absolute atomic E-state index is 11.9. The Hall–Kier alpha value is -2.34. The highest BCUT2D eigenvalue weighted by atomic mass is 32.2. The molecule has 6 heteroatoms. The third-order valence-electron chi connectivity index (χ3n) is 5.01. The number of nitrogens with two attached hydrogens (primary N) is 1. The average Bonchev–Trinajstić information content (AvgIpc) is 3.26. The number of benzene rings is 1. The minimum Gasteiger partial charge on any atom is -0.472 e. The number of furan rings is 1. The maximum atomic E-state index is 11.9. The van der Waals surface area contributed by atoms with Crippen molar-refractivity contribution in [3.8, 4) is 11.1 Å². The van der Waals surface area contributed by atoms with Gasteiger partial charge in [0, 0.05) is 39.5 Å². The van der Waals surface area contributed by atoms with Crippen LogP contribution >= 0.6 is 0 Å². The molecule has 1 aromatic carbocycles. The van der Waals surface area contributed by atoms with Crippen LogP contribution in [0.2, 0.25) is 0 Å². The molecular formula is C19H20N2O3S. The van der Waals surface area contributed by atoms with E-state index in [-0.39, 0.29) is 0 Å². The van der Waals surface area contributed by atoms with Gasteiger partial charge in [-0.1, -0.05) is 0 Å². The van der Waals surface area contributed by atoms with E-state index in [0.29, 0.717) is 11.5 Å². The summed E-state index contributed by atoms with van der Waals surface area (Å²) in [5, 5.41) is 1.03. The van der Waals surface area contributed by atoms with E-state index in [9.17, 15) is 9.00 Å². The quantitative estimate of drug-likeness (QED) is 0.752. The second kappa shape index (κ2) is 6.52. The van der Waals surface area contributed by atoms with Gasteiger partial charge in [0.15, 0.2) is 0 Å². The molecule has 3 aromatic rings. The number of hydrogen-bond acceptors (Lipinski definition) is 3. The molecule has 1 aliphatic heterocycles. The fourth-order valence-electron chi connectivity index (χ4n) is 3.60. The van der Waals surface area contributed by atoms with Gasteiger partial charge in [0.1, 0.15) is 0 Å². The van der Waals surface area contributed by atoms with Crippen LogP contribution in [0.15, 0.2) is 41.3 Å². The number of carbonyl (C=O) groups is 1. The van der Waals surface area contributed by atoms with Gasteiger partial charge in [0.2, 0.25) is 0 Å². The number of rotatable bonds is 4. The van der Waals surface area contributed by atoms with E-state index < -0.39 is 16.7 Å². The minimum atomic E-state index is -0.650.